The SMILES string of the molecule is Cc1cccc2c(Cl)ncc(C3OCC34CN(C=O)C4)c12. The topological polar surface area (TPSA) is 42.4 Å². The van der Waals surface area contributed by atoms with Crippen LogP contribution in [0.4, 0.5) is 0 Å². The summed E-state index contributed by atoms with van der Waals surface area (Å²) in [7, 11) is 0. The minimum absolute atomic E-state index is 0.00191. The van der Waals surface area contributed by atoms with E-state index in [1.807, 2.05) is 18.3 Å². The number of rotatable bonds is 2. The Balaban J connectivity index is 1.81. The van der Waals surface area contributed by atoms with E-state index in [4.69, 9.17) is 16.3 Å². The van der Waals surface area contributed by atoms with Gasteiger partial charge in [0.25, 0.3) is 0 Å². The lowest BCUT2D eigenvalue weighted by Gasteiger charge is -2.59. The molecule has 2 aromatic rings. The molecule has 2 aliphatic heterocycles. The van der Waals surface area contributed by atoms with Gasteiger partial charge in [-0.2, -0.15) is 0 Å². The first-order chi connectivity index (χ1) is 10.1. The van der Waals surface area contributed by atoms with Gasteiger partial charge in [0.05, 0.1) is 18.1 Å². The zero-order chi connectivity index (χ0) is 14.6. The second-order valence-corrected chi connectivity index (χ2v) is 6.42. The molecule has 5 heteroatoms. The number of amides is 1. The van der Waals surface area contributed by atoms with E-state index < -0.39 is 0 Å². The predicted molar refractivity (Wildman–Crippen MR) is 80.3 cm³/mol. The first-order valence-electron chi connectivity index (χ1n) is 6.99. The van der Waals surface area contributed by atoms with Crippen LogP contribution in [0.5, 0.6) is 0 Å². The Kier molecular flexibility index (Phi) is 2.75. The van der Waals surface area contributed by atoms with E-state index in [0.717, 1.165) is 35.8 Å². The highest BCUT2D eigenvalue weighted by Gasteiger charge is 2.57. The summed E-state index contributed by atoms with van der Waals surface area (Å²) in [6.45, 7) is 4.30. The first kappa shape index (κ1) is 13.0. The van der Waals surface area contributed by atoms with Crippen LogP contribution in [0.2, 0.25) is 5.15 Å². The number of hydrogen-bond acceptors (Lipinski definition) is 3. The average Bonchev–Trinajstić information content (AvgIpc) is 2.40. The number of carbonyl (C=O) groups is 1. The summed E-state index contributed by atoms with van der Waals surface area (Å²) < 4.78 is 5.84. The highest BCUT2D eigenvalue weighted by Crippen LogP contribution is 2.53. The van der Waals surface area contributed by atoms with E-state index >= 15 is 0 Å². The third-order valence-corrected chi connectivity index (χ3v) is 4.96. The summed E-state index contributed by atoms with van der Waals surface area (Å²) in [4.78, 5) is 16.9. The van der Waals surface area contributed by atoms with Gasteiger partial charge >= 0.3 is 0 Å². The predicted octanol–water partition coefficient (Wildman–Crippen LogP) is 2.73. The molecule has 1 amide bonds. The van der Waals surface area contributed by atoms with Gasteiger partial charge in [-0.1, -0.05) is 29.8 Å². The third kappa shape index (κ3) is 1.72. The minimum Gasteiger partial charge on any atom is -0.372 e. The molecular formula is C16H15ClN2O2. The molecule has 4 rings (SSSR count). The maximum atomic E-state index is 10.8. The molecule has 2 saturated heterocycles. The molecule has 1 spiro atoms. The van der Waals surface area contributed by atoms with E-state index in [0.29, 0.717) is 11.8 Å². The molecule has 0 bridgehead atoms. The quantitative estimate of drug-likeness (QED) is 0.633. The van der Waals surface area contributed by atoms with Crippen molar-refractivity contribution in [2.45, 2.75) is 13.0 Å². The lowest BCUT2D eigenvalue weighted by Crippen LogP contribution is -2.66. The van der Waals surface area contributed by atoms with Crippen molar-refractivity contribution in [3.05, 3.63) is 40.7 Å². The molecule has 0 radical (unpaired) electrons. The van der Waals surface area contributed by atoms with Crippen LogP contribution in [0.25, 0.3) is 10.8 Å². The zero-order valence-corrected chi connectivity index (χ0v) is 12.4. The molecule has 3 heterocycles. The normalized spacial score (nSPS) is 23.0. The molecule has 0 N–H and O–H groups in total. The molecule has 21 heavy (non-hydrogen) atoms. The van der Waals surface area contributed by atoms with Gasteiger partial charge in [0.1, 0.15) is 5.15 Å². The van der Waals surface area contributed by atoms with Gasteiger partial charge in [-0.3, -0.25) is 4.79 Å². The molecule has 0 aliphatic carbocycles. The molecule has 4 nitrogen and oxygen atoms in total. The van der Waals surface area contributed by atoms with Crippen molar-refractivity contribution in [3.8, 4) is 0 Å². The van der Waals surface area contributed by atoms with Gasteiger partial charge in [-0.05, 0) is 17.9 Å². The molecule has 0 saturated carbocycles. The van der Waals surface area contributed by atoms with Crippen molar-refractivity contribution in [1.29, 1.82) is 0 Å². The number of halogens is 1. The van der Waals surface area contributed by atoms with Gasteiger partial charge in [-0.25, -0.2) is 4.98 Å². The fourth-order valence-corrected chi connectivity index (χ4v) is 3.80. The number of benzene rings is 1. The van der Waals surface area contributed by atoms with E-state index in [9.17, 15) is 4.79 Å². The summed E-state index contributed by atoms with van der Waals surface area (Å²) >= 11 is 6.22. The van der Waals surface area contributed by atoms with E-state index in [2.05, 4.69) is 18.0 Å². The maximum Gasteiger partial charge on any atom is 0.209 e. The van der Waals surface area contributed by atoms with Gasteiger partial charge in [0.2, 0.25) is 6.41 Å². The van der Waals surface area contributed by atoms with Crippen LogP contribution in [0.1, 0.15) is 17.2 Å². The van der Waals surface area contributed by atoms with Crippen LogP contribution in [0.15, 0.2) is 24.4 Å². The Labute approximate surface area is 127 Å². The average molecular weight is 303 g/mol. The lowest BCUT2D eigenvalue weighted by molar-refractivity contribution is -0.244. The Hall–Kier alpha value is -1.65. The zero-order valence-electron chi connectivity index (χ0n) is 11.7. The first-order valence-corrected chi connectivity index (χ1v) is 7.37. The van der Waals surface area contributed by atoms with E-state index in [1.165, 1.54) is 5.56 Å². The summed E-state index contributed by atoms with van der Waals surface area (Å²) in [6.07, 6.45) is 2.73. The number of aryl methyl sites for hydroxylation is 1. The van der Waals surface area contributed by atoms with Crippen LogP contribution in [-0.4, -0.2) is 36.0 Å². The number of aromatic nitrogens is 1. The fraction of sp³-hybridized carbons (Fsp3) is 0.375. The molecule has 108 valence electrons. The van der Waals surface area contributed by atoms with Gasteiger partial charge in [0, 0.05) is 30.2 Å². The maximum absolute atomic E-state index is 10.8. The van der Waals surface area contributed by atoms with Gasteiger partial charge in [-0.15, -0.1) is 0 Å². The van der Waals surface area contributed by atoms with E-state index in [-0.39, 0.29) is 11.5 Å². The molecule has 1 aromatic heterocycles. The molecule has 1 atom stereocenters. The van der Waals surface area contributed by atoms with Crippen LogP contribution >= 0.6 is 11.6 Å². The Morgan fingerprint density at radius 2 is 2.29 bits per heavy atom. The molecule has 1 aromatic carbocycles. The lowest BCUT2D eigenvalue weighted by atomic mass is 9.69. The van der Waals surface area contributed by atoms with Crippen LogP contribution in [0.3, 0.4) is 0 Å². The molecule has 2 fully saturated rings. The number of likely N-dealkylation sites (tertiary alicyclic amines) is 1. The largest absolute Gasteiger partial charge is 0.372 e. The standard InChI is InChI=1S/C16H15ClN2O2/c1-10-3-2-4-11-13(10)12(5-18-15(11)17)14-16(8-21-14)6-19(7-16)9-20/h2-5,9,14H,6-8H2,1H3. The van der Waals surface area contributed by atoms with Crippen molar-refractivity contribution in [2.75, 3.05) is 19.7 Å². The van der Waals surface area contributed by atoms with Gasteiger partial charge < -0.3 is 9.64 Å². The summed E-state index contributed by atoms with van der Waals surface area (Å²) in [5.41, 5.74) is 2.32. The summed E-state index contributed by atoms with van der Waals surface area (Å²) in [5, 5.41) is 2.62. The van der Waals surface area contributed by atoms with Crippen LogP contribution < -0.4 is 0 Å². The van der Waals surface area contributed by atoms with Crippen molar-refractivity contribution in [3.63, 3.8) is 0 Å². The Morgan fingerprint density at radius 1 is 1.48 bits per heavy atom. The molecular weight excluding hydrogens is 288 g/mol. The van der Waals surface area contributed by atoms with Crippen molar-refractivity contribution >= 4 is 28.8 Å². The number of nitrogens with zero attached hydrogens (tertiary/aromatic N) is 2. The summed E-state index contributed by atoms with van der Waals surface area (Å²) in [5.74, 6) is 0. The second-order valence-electron chi connectivity index (χ2n) is 6.07. The number of carbonyl (C=O) groups excluding carboxylic acids is 1. The number of pyridine rings is 1. The van der Waals surface area contributed by atoms with Crippen LogP contribution in [-0.2, 0) is 9.53 Å². The molecule has 2 aliphatic rings. The van der Waals surface area contributed by atoms with E-state index in [1.54, 1.807) is 4.90 Å². The smallest absolute Gasteiger partial charge is 0.209 e. The second kappa shape index (κ2) is 4.42. The number of ether oxygens (including phenoxy) is 1. The highest BCUT2D eigenvalue weighted by atomic mass is 35.5. The number of hydrogen-bond donors (Lipinski definition) is 0. The van der Waals surface area contributed by atoms with Crippen LogP contribution in [0, 0.1) is 12.3 Å². The number of fused-ring (bicyclic) bond motifs is 1. The van der Waals surface area contributed by atoms with Crippen molar-refractivity contribution < 1.29 is 9.53 Å². The van der Waals surface area contributed by atoms with Crippen molar-refractivity contribution in [2.24, 2.45) is 5.41 Å². The summed E-state index contributed by atoms with van der Waals surface area (Å²) in [6, 6.07) is 6.06. The third-order valence-electron chi connectivity index (χ3n) is 4.66. The van der Waals surface area contributed by atoms with Gasteiger partial charge in [0.15, 0.2) is 0 Å². The Morgan fingerprint density at radius 3 is 2.95 bits per heavy atom. The monoisotopic (exact) mass is 302 g/mol. The Bertz CT molecular complexity index is 740. The highest BCUT2D eigenvalue weighted by molar-refractivity contribution is 6.34. The fourth-order valence-electron chi connectivity index (χ4n) is 3.60. The molecule has 1 unspecified atom stereocenters. The van der Waals surface area contributed by atoms with Crippen molar-refractivity contribution in [1.82, 2.24) is 9.88 Å². The minimum atomic E-state index is 0.00191.